The molecule has 0 unspecified atom stereocenters. The minimum Gasteiger partial charge on any atom is -0.402 e. The fourth-order valence-electron chi connectivity index (χ4n) is 0. The molecule has 13 heavy (non-hydrogen) atoms. The maximum atomic E-state index is 9.10. The van der Waals surface area contributed by atoms with E-state index < -0.39 is 18.5 Å². The molecule has 0 bridgehead atoms. The molecular weight excluding hydrogens is 198 g/mol. The molecule has 82 valence electrons. The Balaban J connectivity index is -0.000000173. The van der Waals surface area contributed by atoms with E-state index in [0.717, 1.165) is 0 Å². The third-order valence-corrected chi connectivity index (χ3v) is 1.50. The Morgan fingerprint density at radius 3 is 0.846 bits per heavy atom. The van der Waals surface area contributed by atoms with Crippen molar-refractivity contribution in [3.8, 4) is 0 Å². The average molecular weight is 216 g/mol. The van der Waals surface area contributed by atoms with E-state index in [-0.39, 0.29) is 12.4 Å². The Kier molecular flexibility index (Phi) is 9.55. The Labute approximate surface area is 84.6 Å². The zero-order chi connectivity index (χ0) is 10.6. The van der Waals surface area contributed by atoms with Crippen molar-refractivity contribution in [1.82, 2.24) is 0 Å². The largest absolute Gasteiger partial charge is 0.631 e. The molecule has 0 saturated carbocycles. The second kappa shape index (κ2) is 6.59. The van der Waals surface area contributed by atoms with Gasteiger partial charge >= 0.3 is 7.32 Å². The van der Waals surface area contributed by atoms with E-state index in [9.17, 15) is 0 Å². The Hall–Kier alpha value is 0.155. The summed E-state index contributed by atoms with van der Waals surface area (Å²) in [7, 11) is -2.17. The van der Waals surface area contributed by atoms with Crippen molar-refractivity contribution in [2.45, 2.75) is 38.9 Å². The summed E-state index contributed by atoms with van der Waals surface area (Å²) in [5, 5.41) is 39.7. The first-order valence-electron chi connectivity index (χ1n) is 3.47. The fourth-order valence-corrected chi connectivity index (χ4v) is 0. The SMILES string of the molecule is CC(C)(O)C(C)(C)O.Cl.OB(O)O. The Morgan fingerprint density at radius 2 is 0.846 bits per heavy atom. The molecule has 0 amide bonds. The van der Waals surface area contributed by atoms with E-state index in [2.05, 4.69) is 0 Å². The molecule has 0 spiro atoms. The molecule has 0 rings (SSSR count). The van der Waals surface area contributed by atoms with Gasteiger partial charge in [-0.15, -0.1) is 12.4 Å². The van der Waals surface area contributed by atoms with Gasteiger partial charge in [-0.25, -0.2) is 0 Å². The van der Waals surface area contributed by atoms with Gasteiger partial charge in [0.05, 0.1) is 11.2 Å². The monoisotopic (exact) mass is 216 g/mol. The van der Waals surface area contributed by atoms with Gasteiger partial charge in [0.1, 0.15) is 0 Å². The van der Waals surface area contributed by atoms with E-state index in [1.54, 1.807) is 27.7 Å². The summed E-state index contributed by atoms with van der Waals surface area (Å²) in [6, 6.07) is 0. The van der Waals surface area contributed by atoms with Crippen molar-refractivity contribution in [3.63, 3.8) is 0 Å². The highest BCUT2D eigenvalue weighted by atomic mass is 35.5. The van der Waals surface area contributed by atoms with Crippen LogP contribution in [-0.2, 0) is 0 Å². The molecule has 0 saturated heterocycles. The Bertz CT molecular complexity index is 102. The van der Waals surface area contributed by atoms with Crippen LogP contribution in [0.25, 0.3) is 0 Å². The third kappa shape index (κ3) is 15.0. The lowest BCUT2D eigenvalue weighted by Gasteiger charge is -2.31. The normalized spacial score (nSPS) is 10.8. The molecule has 0 atom stereocenters. The molecule has 0 aromatic carbocycles. The minimum atomic E-state index is -2.17. The molecule has 7 heteroatoms. The van der Waals surface area contributed by atoms with Gasteiger partial charge in [0.2, 0.25) is 0 Å². The van der Waals surface area contributed by atoms with Crippen molar-refractivity contribution >= 4 is 19.7 Å². The highest BCUT2D eigenvalue weighted by Crippen LogP contribution is 2.19. The molecule has 0 heterocycles. The topological polar surface area (TPSA) is 101 Å². The third-order valence-electron chi connectivity index (χ3n) is 1.50. The van der Waals surface area contributed by atoms with Crippen LogP contribution < -0.4 is 0 Å². The standard InChI is InChI=1S/C6H14O2.BH3O3.ClH/c1-5(2,7)6(3,4)8;2-1(3)4;/h7-8H,1-4H3;2-4H;1H. The quantitative estimate of drug-likeness (QED) is 0.358. The molecule has 0 aromatic rings. The van der Waals surface area contributed by atoms with Crippen LogP contribution in [0.15, 0.2) is 0 Å². The summed E-state index contributed by atoms with van der Waals surface area (Å²) in [5.41, 5.74) is -2.01. The van der Waals surface area contributed by atoms with Gasteiger partial charge in [0.15, 0.2) is 0 Å². The van der Waals surface area contributed by atoms with E-state index in [1.165, 1.54) is 0 Å². The van der Waals surface area contributed by atoms with Crippen molar-refractivity contribution in [1.29, 1.82) is 0 Å². The number of hydrogen-bond acceptors (Lipinski definition) is 5. The molecule has 0 radical (unpaired) electrons. The maximum Gasteiger partial charge on any atom is 0.631 e. The lowest BCUT2D eigenvalue weighted by molar-refractivity contribution is -0.107. The van der Waals surface area contributed by atoms with Crippen molar-refractivity contribution in [2.24, 2.45) is 0 Å². The lowest BCUT2D eigenvalue weighted by Crippen LogP contribution is -2.44. The van der Waals surface area contributed by atoms with Crippen LogP contribution in [0.1, 0.15) is 27.7 Å². The van der Waals surface area contributed by atoms with Gasteiger partial charge in [-0.3, -0.25) is 0 Å². The highest BCUT2D eigenvalue weighted by molar-refractivity contribution is 6.30. The first-order valence-corrected chi connectivity index (χ1v) is 3.47. The number of hydrogen-bond donors (Lipinski definition) is 5. The minimum absolute atomic E-state index is 0. The highest BCUT2D eigenvalue weighted by Gasteiger charge is 2.31. The van der Waals surface area contributed by atoms with E-state index in [0.29, 0.717) is 0 Å². The van der Waals surface area contributed by atoms with Crippen LogP contribution in [-0.4, -0.2) is 43.8 Å². The summed E-state index contributed by atoms with van der Waals surface area (Å²) in [6.07, 6.45) is 0. The van der Waals surface area contributed by atoms with Crippen molar-refractivity contribution < 1.29 is 25.3 Å². The first-order chi connectivity index (χ1) is 4.98. The number of rotatable bonds is 1. The van der Waals surface area contributed by atoms with E-state index >= 15 is 0 Å². The van der Waals surface area contributed by atoms with Crippen LogP contribution in [0.5, 0.6) is 0 Å². The van der Waals surface area contributed by atoms with E-state index in [1.807, 2.05) is 0 Å². The van der Waals surface area contributed by atoms with Gasteiger partial charge in [0, 0.05) is 0 Å². The number of halogens is 1. The summed E-state index contributed by atoms with van der Waals surface area (Å²) in [6.45, 7) is 6.31. The predicted molar refractivity (Wildman–Crippen MR) is 52.3 cm³/mol. The average Bonchev–Trinajstić information content (AvgIpc) is 1.55. The van der Waals surface area contributed by atoms with Crippen molar-refractivity contribution in [2.75, 3.05) is 0 Å². The molecule has 0 aliphatic carbocycles. The fraction of sp³-hybridized carbons (Fsp3) is 1.00. The molecule has 5 N–H and O–H groups in total. The molecule has 0 fully saturated rings. The van der Waals surface area contributed by atoms with Crippen LogP contribution in [0, 0.1) is 0 Å². The zero-order valence-electron chi connectivity index (χ0n) is 8.22. The van der Waals surface area contributed by atoms with Gasteiger partial charge in [-0.05, 0) is 27.7 Å². The maximum absolute atomic E-state index is 9.10. The van der Waals surface area contributed by atoms with E-state index in [4.69, 9.17) is 25.3 Å². The first kappa shape index (κ1) is 18.8. The zero-order valence-corrected chi connectivity index (χ0v) is 9.04. The second-order valence-corrected chi connectivity index (χ2v) is 3.46. The number of aliphatic hydroxyl groups is 2. The van der Waals surface area contributed by atoms with Crippen LogP contribution >= 0.6 is 12.4 Å². The molecule has 0 aliphatic heterocycles. The van der Waals surface area contributed by atoms with Gasteiger partial charge in [-0.1, -0.05) is 0 Å². The summed E-state index contributed by atoms with van der Waals surface area (Å²) in [5.74, 6) is 0. The molecule has 0 aliphatic rings. The summed E-state index contributed by atoms with van der Waals surface area (Å²) in [4.78, 5) is 0. The molecular formula is C6H18BClO5. The van der Waals surface area contributed by atoms with Gasteiger partial charge < -0.3 is 25.3 Å². The molecule has 0 aromatic heterocycles. The summed E-state index contributed by atoms with van der Waals surface area (Å²) < 4.78 is 0. The van der Waals surface area contributed by atoms with Crippen molar-refractivity contribution in [3.05, 3.63) is 0 Å². The summed E-state index contributed by atoms with van der Waals surface area (Å²) >= 11 is 0. The van der Waals surface area contributed by atoms with Crippen LogP contribution in [0.3, 0.4) is 0 Å². The smallest absolute Gasteiger partial charge is 0.402 e. The van der Waals surface area contributed by atoms with Crippen LogP contribution in [0.2, 0.25) is 0 Å². The Morgan fingerprint density at radius 1 is 0.769 bits per heavy atom. The molecule has 5 nitrogen and oxygen atoms in total. The van der Waals surface area contributed by atoms with Gasteiger partial charge in [0.25, 0.3) is 0 Å². The lowest BCUT2D eigenvalue weighted by atomic mass is 9.90. The van der Waals surface area contributed by atoms with Crippen LogP contribution in [0.4, 0.5) is 0 Å². The van der Waals surface area contributed by atoms with Gasteiger partial charge in [-0.2, -0.15) is 0 Å². The second-order valence-electron chi connectivity index (χ2n) is 3.46. The predicted octanol–water partition coefficient (Wildman–Crippen LogP) is -1.10.